The molecular weight excluding hydrogens is 308 g/mol. The quantitative estimate of drug-likeness (QED) is 0.367. The van der Waals surface area contributed by atoms with Crippen LogP contribution in [0.5, 0.6) is 0 Å². The van der Waals surface area contributed by atoms with Gasteiger partial charge in [-0.25, -0.2) is 0 Å². The monoisotopic (exact) mass is 338 g/mol. The standard InChI is InChI=1S/C18H30N2O4/c1-18(2,3)24-17(21)9-6-11-22-13-14-23-12-10-20-16-8-5-4-7-15(16)19/h4-5,7-8,20H,6,9-14,19H2,1-3H3. The summed E-state index contributed by atoms with van der Waals surface area (Å²) in [5.74, 6) is -0.186. The van der Waals surface area contributed by atoms with Crippen molar-refractivity contribution < 1.29 is 19.0 Å². The molecule has 0 aliphatic heterocycles. The molecule has 3 N–H and O–H groups in total. The third-order valence-electron chi connectivity index (χ3n) is 2.98. The van der Waals surface area contributed by atoms with E-state index in [2.05, 4.69) is 5.32 Å². The first-order valence-corrected chi connectivity index (χ1v) is 8.34. The molecule has 1 rings (SSSR count). The van der Waals surface area contributed by atoms with Crippen molar-refractivity contribution in [3.05, 3.63) is 24.3 Å². The highest BCUT2D eigenvalue weighted by Crippen LogP contribution is 2.15. The molecule has 6 nitrogen and oxygen atoms in total. The summed E-state index contributed by atoms with van der Waals surface area (Å²) in [6, 6.07) is 7.62. The fraction of sp³-hybridized carbons (Fsp3) is 0.611. The Morgan fingerprint density at radius 3 is 2.42 bits per heavy atom. The lowest BCUT2D eigenvalue weighted by Crippen LogP contribution is -2.23. The maximum absolute atomic E-state index is 11.5. The Morgan fingerprint density at radius 1 is 1.08 bits per heavy atom. The van der Waals surface area contributed by atoms with Crippen LogP contribution in [0.4, 0.5) is 11.4 Å². The number of para-hydroxylation sites is 2. The second-order valence-electron chi connectivity index (χ2n) is 6.43. The van der Waals surface area contributed by atoms with Crippen LogP contribution >= 0.6 is 0 Å². The topological polar surface area (TPSA) is 82.8 Å². The molecule has 0 aromatic heterocycles. The molecule has 1 aromatic carbocycles. The molecule has 0 aliphatic rings. The van der Waals surface area contributed by atoms with E-state index in [1.165, 1.54) is 0 Å². The van der Waals surface area contributed by atoms with Crippen molar-refractivity contribution in [2.24, 2.45) is 0 Å². The zero-order valence-electron chi connectivity index (χ0n) is 15.0. The highest BCUT2D eigenvalue weighted by molar-refractivity contribution is 5.69. The van der Waals surface area contributed by atoms with E-state index in [4.69, 9.17) is 19.9 Å². The van der Waals surface area contributed by atoms with Crippen molar-refractivity contribution >= 4 is 17.3 Å². The minimum atomic E-state index is -0.426. The molecule has 0 unspecified atom stereocenters. The molecule has 6 heteroatoms. The normalized spacial score (nSPS) is 11.3. The summed E-state index contributed by atoms with van der Waals surface area (Å²) < 4.78 is 16.1. The number of benzene rings is 1. The molecule has 24 heavy (non-hydrogen) atoms. The number of anilines is 2. The Labute approximate surface area is 144 Å². The summed E-state index contributed by atoms with van der Waals surface area (Å²) in [4.78, 5) is 11.5. The summed E-state index contributed by atoms with van der Waals surface area (Å²) in [6.07, 6.45) is 1.03. The largest absolute Gasteiger partial charge is 0.460 e. The van der Waals surface area contributed by atoms with Crippen LogP contribution < -0.4 is 11.1 Å². The number of carbonyl (C=O) groups is 1. The minimum absolute atomic E-state index is 0.186. The molecule has 0 aliphatic carbocycles. The van der Waals surface area contributed by atoms with Crippen LogP contribution in [0.15, 0.2) is 24.3 Å². The number of rotatable bonds is 11. The fourth-order valence-electron chi connectivity index (χ4n) is 1.95. The Bertz CT molecular complexity index is 486. The number of nitrogens with two attached hydrogens (primary N) is 1. The lowest BCUT2D eigenvalue weighted by Gasteiger charge is -2.19. The van der Waals surface area contributed by atoms with Gasteiger partial charge in [0.1, 0.15) is 5.60 Å². The Kier molecular flexibility index (Phi) is 9.19. The number of carbonyl (C=O) groups excluding carboxylic acids is 1. The highest BCUT2D eigenvalue weighted by atomic mass is 16.6. The average molecular weight is 338 g/mol. The Hall–Kier alpha value is -1.79. The van der Waals surface area contributed by atoms with Crippen LogP contribution in [0, 0.1) is 0 Å². The number of hydrogen-bond donors (Lipinski definition) is 2. The van der Waals surface area contributed by atoms with Gasteiger partial charge in [-0.15, -0.1) is 0 Å². The van der Waals surface area contributed by atoms with Gasteiger partial charge in [-0.1, -0.05) is 12.1 Å². The Balaban J connectivity index is 1.91. The van der Waals surface area contributed by atoms with Crippen molar-refractivity contribution in [1.29, 1.82) is 0 Å². The first-order valence-electron chi connectivity index (χ1n) is 8.34. The van der Waals surface area contributed by atoms with E-state index in [1.807, 2.05) is 45.0 Å². The minimum Gasteiger partial charge on any atom is -0.460 e. The van der Waals surface area contributed by atoms with Crippen molar-refractivity contribution in [3.63, 3.8) is 0 Å². The van der Waals surface area contributed by atoms with Gasteiger partial charge in [0.2, 0.25) is 0 Å². The fourth-order valence-corrected chi connectivity index (χ4v) is 1.95. The van der Waals surface area contributed by atoms with E-state index in [9.17, 15) is 4.79 Å². The summed E-state index contributed by atoms with van der Waals surface area (Å²) >= 11 is 0. The molecular formula is C18H30N2O4. The van der Waals surface area contributed by atoms with Crippen LogP contribution in [0.3, 0.4) is 0 Å². The van der Waals surface area contributed by atoms with E-state index in [0.29, 0.717) is 45.8 Å². The van der Waals surface area contributed by atoms with Gasteiger partial charge in [-0.05, 0) is 39.3 Å². The van der Waals surface area contributed by atoms with Gasteiger partial charge < -0.3 is 25.3 Å². The third kappa shape index (κ3) is 10.1. The second-order valence-corrected chi connectivity index (χ2v) is 6.43. The zero-order valence-corrected chi connectivity index (χ0v) is 15.0. The predicted molar refractivity (Wildman–Crippen MR) is 96.1 cm³/mol. The van der Waals surface area contributed by atoms with Crippen LogP contribution in [0.25, 0.3) is 0 Å². The summed E-state index contributed by atoms with van der Waals surface area (Å²) in [5, 5.41) is 3.21. The Morgan fingerprint density at radius 2 is 1.75 bits per heavy atom. The number of nitrogen functional groups attached to an aromatic ring is 1. The summed E-state index contributed by atoms with van der Waals surface area (Å²) in [6.45, 7) is 8.42. The van der Waals surface area contributed by atoms with Gasteiger partial charge in [-0.2, -0.15) is 0 Å². The molecule has 0 bridgehead atoms. The van der Waals surface area contributed by atoms with E-state index in [0.717, 1.165) is 11.4 Å². The maximum atomic E-state index is 11.5. The van der Waals surface area contributed by atoms with Crippen LogP contribution in [0.1, 0.15) is 33.6 Å². The number of esters is 1. The van der Waals surface area contributed by atoms with Crippen LogP contribution in [-0.2, 0) is 19.0 Å². The predicted octanol–water partition coefficient (Wildman–Crippen LogP) is 2.84. The molecule has 0 heterocycles. The molecule has 0 amide bonds. The average Bonchev–Trinajstić information content (AvgIpc) is 2.49. The van der Waals surface area contributed by atoms with Crippen molar-refractivity contribution in [2.75, 3.05) is 44.0 Å². The van der Waals surface area contributed by atoms with Crippen molar-refractivity contribution in [2.45, 2.75) is 39.2 Å². The molecule has 1 aromatic rings. The first kappa shape index (κ1) is 20.3. The lowest BCUT2D eigenvalue weighted by atomic mass is 10.2. The van der Waals surface area contributed by atoms with Gasteiger partial charge in [0.25, 0.3) is 0 Å². The van der Waals surface area contributed by atoms with Gasteiger partial charge >= 0.3 is 5.97 Å². The maximum Gasteiger partial charge on any atom is 0.306 e. The number of hydrogen-bond acceptors (Lipinski definition) is 6. The smallest absolute Gasteiger partial charge is 0.306 e. The first-order chi connectivity index (χ1) is 11.4. The molecule has 136 valence electrons. The zero-order chi connectivity index (χ0) is 17.8. The molecule has 0 atom stereocenters. The van der Waals surface area contributed by atoms with Crippen molar-refractivity contribution in [3.8, 4) is 0 Å². The van der Waals surface area contributed by atoms with Gasteiger partial charge in [0.15, 0.2) is 0 Å². The van der Waals surface area contributed by atoms with Crippen LogP contribution in [0.2, 0.25) is 0 Å². The van der Waals surface area contributed by atoms with Crippen molar-refractivity contribution in [1.82, 2.24) is 0 Å². The van der Waals surface area contributed by atoms with E-state index in [-0.39, 0.29) is 5.97 Å². The molecule has 0 saturated carbocycles. The second kappa shape index (κ2) is 10.9. The summed E-state index contributed by atoms with van der Waals surface area (Å²) in [5.41, 5.74) is 7.05. The molecule has 0 spiro atoms. The van der Waals surface area contributed by atoms with Crippen LogP contribution in [-0.4, -0.2) is 44.5 Å². The molecule has 0 fully saturated rings. The van der Waals surface area contributed by atoms with Gasteiger partial charge in [0.05, 0.1) is 31.2 Å². The lowest BCUT2D eigenvalue weighted by molar-refractivity contribution is -0.155. The van der Waals surface area contributed by atoms with E-state index < -0.39 is 5.60 Å². The SMILES string of the molecule is CC(C)(C)OC(=O)CCCOCCOCCNc1ccccc1N. The number of nitrogens with one attached hydrogen (secondary N) is 1. The van der Waals surface area contributed by atoms with Gasteiger partial charge in [0, 0.05) is 19.6 Å². The third-order valence-corrected chi connectivity index (χ3v) is 2.98. The molecule has 0 saturated heterocycles. The highest BCUT2D eigenvalue weighted by Gasteiger charge is 2.15. The van der Waals surface area contributed by atoms with E-state index in [1.54, 1.807) is 0 Å². The molecule has 0 radical (unpaired) electrons. The van der Waals surface area contributed by atoms with E-state index >= 15 is 0 Å². The summed E-state index contributed by atoms with van der Waals surface area (Å²) in [7, 11) is 0. The van der Waals surface area contributed by atoms with Gasteiger partial charge in [-0.3, -0.25) is 4.79 Å². The number of ether oxygens (including phenoxy) is 3.